The van der Waals surface area contributed by atoms with Crippen LogP contribution in [0.4, 0.5) is 0 Å². The van der Waals surface area contributed by atoms with E-state index in [1.807, 2.05) is 42.5 Å². The molecule has 0 bridgehead atoms. The van der Waals surface area contributed by atoms with Gasteiger partial charge in [0.2, 0.25) is 5.91 Å². The van der Waals surface area contributed by atoms with Crippen molar-refractivity contribution in [2.45, 2.75) is 17.8 Å². The number of thioether (sulfide) groups is 1. The average molecular weight is 330 g/mol. The maximum atomic E-state index is 12.1. The fraction of sp³-hybridized carbons (Fsp3) is 0.294. The van der Waals surface area contributed by atoms with E-state index in [0.29, 0.717) is 0 Å². The van der Waals surface area contributed by atoms with Gasteiger partial charge in [0, 0.05) is 18.7 Å². The van der Waals surface area contributed by atoms with E-state index < -0.39 is 12.0 Å². The first-order valence-corrected chi connectivity index (χ1v) is 8.54. The lowest BCUT2D eigenvalue weighted by Crippen LogP contribution is -2.48. The Hall–Kier alpha value is -2.05. The Bertz CT molecular complexity index is 729. The summed E-state index contributed by atoms with van der Waals surface area (Å²) in [7, 11) is 0. The van der Waals surface area contributed by atoms with Crippen LogP contribution in [0.25, 0.3) is 10.8 Å². The summed E-state index contributed by atoms with van der Waals surface area (Å²) in [5.41, 5.74) is 0.892. The van der Waals surface area contributed by atoms with Crippen LogP contribution in [0.3, 0.4) is 0 Å². The van der Waals surface area contributed by atoms with Gasteiger partial charge in [0.25, 0.3) is 0 Å². The first kappa shape index (κ1) is 15.8. The maximum absolute atomic E-state index is 12.1. The predicted molar refractivity (Wildman–Crippen MR) is 91.5 cm³/mol. The Morgan fingerprint density at radius 1 is 1.26 bits per heavy atom. The molecule has 120 valence electrons. The monoisotopic (exact) mass is 330 g/mol. The summed E-state index contributed by atoms with van der Waals surface area (Å²) in [5.74, 6) is -0.421. The number of amides is 1. The molecule has 0 aromatic heterocycles. The number of hydrogen-bond acceptors (Lipinski definition) is 4. The largest absolute Gasteiger partial charge is 0.480 e. The van der Waals surface area contributed by atoms with E-state index in [-0.39, 0.29) is 17.7 Å². The Labute approximate surface area is 138 Å². The number of aliphatic carboxylic acids is 1. The van der Waals surface area contributed by atoms with Crippen molar-refractivity contribution in [1.29, 1.82) is 0 Å². The van der Waals surface area contributed by atoms with Crippen LogP contribution in [0.2, 0.25) is 0 Å². The SMILES string of the molecule is O=C(O)[C@H](Cc1ccc2ccccc2c1)NC(=O)[C@H]1NCCS1. The van der Waals surface area contributed by atoms with Crippen LogP contribution in [-0.2, 0) is 16.0 Å². The van der Waals surface area contributed by atoms with Crippen molar-refractivity contribution in [3.8, 4) is 0 Å². The summed E-state index contributed by atoms with van der Waals surface area (Å²) >= 11 is 1.50. The number of carboxylic acid groups (broad SMARTS) is 1. The number of hydrogen-bond donors (Lipinski definition) is 3. The second-order valence-electron chi connectivity index (χ2n) is 5.49. The number of rotatable bonds is 5. The smallest absolute Gasteiger partial charge is 0.326 e. The number of fused-ring (bicyclic) bond motifs is 1. The van der Waals surface area contributed by atoms with Crippen molar-refractivity contribution in [2.75, 3.05) is 12.3 Å². The molecule has 3 rings (SSSR count). The van der Waals surface area contributed by atoms with Crippen molar-refractivity contribution in [1.82, 2.24) is 10.6 Å². The minimum absolute atomic E-state index is 0.263. The predicted octanol–water partition coefficient (Wildman–Crippen LogP) is 1.61. The standard InChI is InChI=1S/C17H18N2O3S/c20-15(16-18-7-8-23-16)19-14(17(21)22)10-11-5-6-12-3-1-2-4-13(12)9-11/h1-6,9,14,16,18H,7-8,10H2,(H,19,20)(H,21,22)/t14-,16-/m0/s1. The highest BCUT2D eigenvalue weighted by molar-refractivity contribution is 8.00. The summed E-state index contributed by atoms with van der Waals surface area (Å²) in [6.07, 6.45) is 0.267. The molecule has 1 aliphatic heterocycles. The molecule has 0 saturated carbocycles. The molecule has 0 unspecified atom stereocenters. The van der Waals surface area contributed by atoms with Gasteiger partial charge in [-0.1, -0.05) is 42.5 Å². The molecule has 3 N–H and O–H groups in total. The molecule has 6 heteroatoms. The van der Waals surface area contributed by atoms with E-state index in [1.54, 1.807) is 0 Å². The first-order valence-electron chi connectivity index (χ1n) is 7.49. The van der Waals surface area contributed by atoms with E-state index in [4.69, 9.17) is 0 Å². The van der Waals surface area contributed by atoms with Crippen LogP contribution < -0.4 is 10.6 Å². The molecule has 2 aromatic rings. The zero-order valence-electron chi connectivity index (χ0n) is 12.5. The molecular formula is C17H18N2O3S. The van der Waals surface area contributed by atoms with Crippen LogP contribution in [0, 0.1) is 0 Å². The minimum Gasteiger partial charge on any atom is -0.480 e. The second kappa shape index (κ2) is 7.02. The average Bonchev–Trinajstić information content (AvgIpc) is 3.08. The molecule has 2 aromatic carbocycles. The third-order valence-corrected chi connectivity index (χ3v) is 4.98. The number of carboxylic acids is 1. The molecule has 1 saturated heterocycles. The van der Waals surface area contributed by atoms with E-state index in [2.05, 4.69) is 10.6 Å². The third kappa shape index (κ3) is 3.83. The normalized spacial score (nSPS) is 18.7. The lowest BCUT2D eigenvalue weighted by Gasteiger charge is -2.17. The Balaban J connectivity index is 1.72. The third-order valence-electron chi connectivity index (χ3n) is 3.82. The number of nitrogens with one attached hydrogen (secondary N) is 2. The van der Waals surface area contributed by atoms with Crippen molar-refractivity contribution in [3.63, 3.8) is 0 Å². The molecule has 1 amide bonds. The second-order valence-corrected chi connectivity index (χ2v) is 6.70. The van der Waals surface area contributed by atoms with Crippen LogP contribution in [-0.4, -0.2) is 40.7 Å². The molecule has 1 fully saturated rings. The lowest BCUT2D eigenvalue weighted by molar-refractivity contribution is -0.141. The van der Waals surface area contributed by atoms with Gasteiger partial charge in [-0.2, -0.15) is 0 Å². The van der Waals surface area contributed by atoms with Crippen molar-refractivity contribution in [3.05, 3.63) is 48.0 Å². The highest BCUT2D eigenvalue weighted by atomic mass is 32.2. The summed E-state index contributed by atoms with van der Waals surface area (Å²) in [6.45, 7) is 0.769. The van der Waals surface area contributed by atoms with Gasteiger partial charge in [0.1, 0.15) is 11.4 Å². The van der Waals surface area contributed by atoms with Gasteiger partial charge < -0.3 is 10.4 Å². The summed E-state index contributed by atoms with van der Waals surface area (Å²) in [5, 5.41) is 16.9. The Morgan fingerprint density at radius 2 is 2.04 bits per heavy atom. The van der Waals surface area contributed by atoms with Crippen molar-refractivity contribution in [2.24, 2.45) is 0 Å². The molecule has 2 atom stereocenters. The van der Waals surface area contributed by atoms with E-state index in [1.165, 1.54) is 11.8 Å². The van der Waals surface area contributed by atoms with Crippen molar-refractivity contribution < 1.29 is 14.7 Å². The van der Waals surface area contributed by atoms with Gasteiger partial charge in [-0.3, -0.25) is 10.1 Å². The fourth-order valence-electron chi connectivity index (χ4n) is 2.64. The Kier molecular flexibility index (Phi) is 4.83. The molecular weight excluding hydrogens is 312 g/mol. The van der Waals surface area contributed by atoms with Gasteiger partial charge >= 0.3 is 5.97 Å². The van der Waals surface area contributed by atoms with Crippen LogP contribution in [0.1, 0.15) is 5.56 Å². The molecule has 0 radical (unpaired) electrons. The van der Waals surface area contributed by atoms with Gasteiger partial charge in [-0.05, 0) is 16.3 Å². The molecule has 1 heterocycles. The van der Waals surface area contributed by atoms with Crippen LogP contribution >= 0.6 is 11.8 Å². The summed E-state index contributed by atoms with van der Waals surface area (Å²) < 4.78 is 0. The van der Waals surface area contributed by atoms with E-state index in [0.717, 1.165) is 28.6 Å². The lowest BCUT2D eigenvalue weighted by atomic mass is 10.0. The summed E-state index contributed by atoms with van der Waals surface area (Å²) in [4.78, 5) is 23.6. The van der Waals surface area contributed by atoms with Gasteiger partial charge in [0.15, 0.2) is 0 Å². The maximum Gasteiger partial charge on any atom is 0.326 e. The van der Waals surface area contributed by atoms with Gasteiger partial charge in [-0.25, -0.2) is 4.79 Å². The highest BCUT2D eigenvalue weighted by Gasteiger charge is 2.27. The molecule has 0 aliphatic carbocycles. The first-order chi connectivity index (χ1) is 11.1. The van der Waals surface area contributed by atoms with Gasteiger partial charge in [-0.15, -0.1) is 11.8 Å². The van der Waals surface area contributed by atoms with E-state index >= 15 is 0 Å². The summed E-state index contributed by atoms with van der Waals surface area (Å²) in [6, 6.07) is 12.9. The molecule has 5 nitrogen and oxygen atoms in total. The zero-order valence-corrected chi connectivity index (χ0v) is 13.3. The van der Waals surface area contributed by atoms with Gasteiger partial charge in [0.05, 0.1) is 0 Å². The van der Waals surface area contributed by atoms with Crippen molar-refractivity contribution >= 4 is 34.4 Å². The number of carbonyl (C=O) groups is 2. The molecule has 1 aliphatic rings. The van der Waals surface area contributed by atoms with E-state index in [9.17, 15) is 14.7 Å². The fourth-order valence-corrected chi connectivity index (χ4v) is 3.57. The van der Waals surface area contributed by atoms with Crippen LogP contribution in [0.5, 0.6) is 0 Å². The minimum atomic E-state index is -1.02. The molecule has 0 spiro atoms. The number of carbonyl (C=O) groups excluding carboxylic acids is 1. The number of benzene rings is 2. The Morgan fingerprint density at radius 3 is 2.74 bits per heavy atom. The highest BCUT2D eigenvalue weighted by Crippen LogP contribution is 2.17. The topological polar surface area (TPSA) is 78.4 Å². The van der Waals surface area contributed by atoms with Crippen LogP contribution in [0.15, 0.2) is 42.5 Å². The zero-order chi connectivity index (χ0) is 16.2. The quantitative estimate of drug-likeness (QED) is 0.776. The molecule has 23 heavy (non-hydrogen) atoms.